The predicted octanol–water partition coefficient (Wildman–Crippen LogP) is 6.42. The molecule has 1 aliphatic rings. The molecular formula is C24H26N2OS. The van der Waals surface area contributed by atoms with E-state index in [4.69, 9.17) is 0 Å². The normalized spacial score (nSPS) is 17.1. The number of nitrogens with zero attached hydrogens (tertiary/aromatic N) is 1. The Balaban J connectivity index is 1.55. The van der Waals surface area contributed by atoms with Crippen LogP contribution >= 0.6 is 11.8 Å². The van der Waals surface area contributed by atoms with E-state index in [0.29, 0.717) is 0 Å². The van der Waals surface area contributed by atoms with Gasteiger partial charge in [-0.2, -0.15) is 0 Å². The molecule has 0 spiro atoms. The van der Waals surface area contributed by atoms with Crippen LogP contribution in [-0.2, 0) is 5.41 Å². The zero-order valence-corrected chi connectivity index (χ0v) is 17.4. The molecule has 0 aromatic heterocycles. The summed E-state index contributed by atoms with van der Waals surface area (Å²) in [6, 6.07) is 22.9. The first-order valence-electron chi connectivity index (χ1n) is 9.71. The molecule has 0 aliphatic carbocycles. The molecule has 4 rings (SSSR count). The van der Waals surface area contributed by atoms with Gasteiger partial charge in [0, 0.05) is 18.0 Å². The lowest BCUT2D eigenvalue weighted by molar-refractivity contribution is 0.214. The first-order valence-corrected chi connectivity index (χ1v) is 10.8. The molecule has 1 unspecified atom stereocenters. The van der Waals surface area contributed by atoms with Crippen LogP contribution in [0, 0.1) is 0 Å². The van der Waals surface area contributed by atoms with Crippen LogP contribution in [0.3, 0.4) is 0 Å². The summed E-state index contributed by atoms with van der Waals surface area (Å²) in [6.07, 6.45) is 0. The van der Waals surface area contributed by atoms with Crippen molar-refractivity contribution in [2.24, 2.45) is 0 Å². The van der Waals surface area contributed by atoms with Crippen LogP contribution < -0.4 is 5.32 Å². The number of hydrogen-bond donors (Lipinski definition) is 1. The number of thioether (sulfide) groups is 1. The summed E-state index contributed by atoms with van der Waals surface area (Å²) < 4.78 is 0. The molecule has 1 heterocycles. The van der Waals surface area contributed by atoms with Crippen LogP contribution in [0.2, 0.25) is 0 Å². The van der Waals surface area contributed by atoms with Gasteiger partial charge in [0.05, 0.1) is 0 Å². The fraction of sp³-hybridized carbons (Fsp3) is 0.292. The Hall–Kier alpha value is -2.46. The summed E-state index contributed by atoms with van der Waals surface area (Å²) in [7, 11) is 0. The number of nitrogens with one attached hydrogen (secondary N) is 1. The van der Waals surface area contributed by atoms with E-state index in [-0.39, 0.29) is 16.8 Å². The van der Waals surface area contributed by atoms with E-state index in [9.17, 15) is 4.79 Å². The van der Waals surface area contributed by atoms with Crippen molar-refractivity contribution in [2.75, 3.05) is 17.6 Å². The zero-order chi connectivity index (χ0) is 19.7. The van der Waals surface area contributed by atoms with Gasteiger partial charge in [-0.3, -0.25) is 0 Å². The van der Waals surface area contributed by atoms with Gasteiger partial charge in [0.1, 0.15) is 5.37 Å². The molecule has 0 saturated carbocycles. The van der Waals surface area contributed by atoms with E-state index in [1.807, 2.05) is 28.8 Å². The maximum absolute atomic E-state index is 13.0. The standard InChI is InChI=1S/C24H26N2OS/c1-24(2,3)18-11-13-19(14-12-18)25-23(27)26-15-16-28-22(26)21-10-6-8-17-7-4-5-9-20(17)21/h4-14,22H,15-16H2,1-3H3,(H,25,27). The van der Waals surface area contributed by atoms with Gasteiger partial charge in [-0.1, -0.05) is 75.4 Å². The first kappa shape index (κ1) is 18.9. The van der Waals surface area contributed by atoms with Crippen molar-refractivity contribution in [1.29, 1.82) is 0 Å². The molecule has 1 aliphatic heterocycles. The number of benzene rings is 3. The lowest BCUT2D eigenvalue weighted by atomic mass is 9.87. The summed E-state index contributed by atoms with van der Waals surface area (Å²) in [6.45, 7) is 7.33. The lowest BCUT2D eigenvalue weighted by Gasteiger charge is -2.26. The van der Waals surface area contributed by atoms with Crippen molar-refractivity contribution < 1.29 is 4.79 Å². The molecule has 1 atom stereocenters. The van der Waals surface area contributed by atoms with Gasteiger partial charge in [0.2, 0.25) is 0 Å². The molecule has 3 nitrogen and oxygen atoms in total. The summed E-state index contributed by atoms with van der Waals surface area (Å²) >= 11 is 1.83. The predicted molar refractivity (Wildman–Crippen MR) is 120 cm³/mol. The highest BCUT2D eigenvalue weighted by atomic mass is 32.2. The van der Waals surface area contributed by atoms with E-state index in [1.165, 1.54) is 21.9 Å². The maximum Gasteiger partial charge on any atom is 0.323 e. The highest BCUT2D eigenvalue weighted by molar-refractivity contribution is 7.99. The molecule has 144 valence electrons. The second-order valence-corrected chi connectivity index (χ2v) is 9.43. The fourth-order valence-electron chi connectivity index (χ4n) is 3.65. The minimum absolute atomic E-state index is 0.0357. The largest absolute Gasteiger partial charge is 0.323 e. The average molecular weight is 391 g/mol. The molecule has 28 heavy (non-hydrogen) atoms. The number of hydrogen-bond acceptors (Lipinski definition) is 2. The Morgan fingerprint density at radius 3 is 2.46 bits per heavy atom. The Morgan fingerprint density at radius 1 is 1.00 bits per heavy atom. The van der Waals surface area contributed by atoms with Crippen LogP contribution in [-0.4, -0.2) is 23.2 Å². The lowest BCUT2D eigenvalue weighted by Crippen LogP contribution is -2.34. The molecule has 0 bridgehead atoms. The third kappa shape index (κ3) is 3.74. The van der Waals surface area contributed by atoms with E-state index in [1.54, 1.807) is 0 Å². The number of fused-ring (bicyclic) bond motifs is 1. The van der Waals surface area contributed by atoms with Crippen molar-refractivity contribution in [2.45, 2.75) is 31.6 Å². The second-order valence-electron chi connectivity index (χ2n) is 8.24. The van der Waals surface area contributed by atoms with Crippen molar-refractivity contribution in [1.82, 2.24) is 4.90 Å². The van der Waals surface area contributed by atoms with E-state index >= 15 is 0 Å². The Morgan fingerprint density at radius 2 is 1.71 bits per heavy atom. The molecule has 4 heteroatoms. The van der Waals surface area contributed by atoms with Crippen molar-refractivity contribution in [3.05, 3.63) is 77.9 Å². The fourth-order valence-corrected chi connectivity index (χ4v) is 4.94. The van der Waals surface area contributed by atoms with Crippen LogP contribution in [0.1, 0.15) is 37.3 Å². The van der Waals surface area contributed by atoms with Gasteiger partial charge >= 0.3 is 6.03 Å². The monoisotopic (exact) mass is 390 g/mol. The molecule has 3 aromatic rings. The third-order valence-corrected chi connectivity index (χ3v) is 6.49. The molecule has 1 saturated heterocycles. The van der Waals surface area contributed by atoms with Crippen LogP contribution in [0.4, 0.5) is 10.5 Å². The van der Waals surface area contributed by atoms with Crippen molar-refractivity contribution in [3.8, 4) is 0 Å². The van der Waals surface area contributed by atoms with E-state index < -0.39 is 0 Å². The average Bonchev–Trinajstić information content (AvgIpc) is 3.17. The van der Waals surface area contributed by atoms with Gasteiger partial charge in [0.25, 0.3) is 0 Å². The topological polar surface area (TPSA) is 32.3 Å². The van der Waals surface area contributed by atoms with Crippen LogP contribution in [0.15, 0.2) is 66.7 Å². The van der Waals surface area contributed by atoms with Gasteiger partial charge in [-0.05, 0) is 39.4 Å². The molecule has 0 radical (unpaired) electrons. The molecule has 1 N–H and O–H groups in total. The zero-order valence-electron chi connectivity index (χ0n) is 16.6. The summed E-state index contributed by atoms with van der Waals surface area (Å²) in [5.41, 5.74) is 3.41. The molecule has 3 aromatic carbocycles. The number of urea groups is 1. The number of carbonyl (C=O) groups is 1. The summed E-state index contributed by atoms with van der Waals surface area (Å²) in [5.74, 6) is 0.949. The van der Waals surface area contributed by atoms with Gasteiger partial charge < -0.3 is 10.2 Å². The van der Waals surface area contributed by atoms with Crippen LogP contribution in [0.25, 0.3) is 10.8 Å². The Labute approximate surface area is 171 Å². The minimum Gasteiger partial charge on any atom is -0.308 e. The SMILES string of the molecule is CC(C)(C)c1ccc(NC(=O)N2CCSC2c2cccc3ccccc23)cc1. The smallest absolute Gasteiger partial charge is 0.308 e. The quantitative estimate of drug-likeness (QED) is 0.548. The second kappa shape index (κ2) is 7.51. The Kier molecular flexibility index (Phi) is 5.07. The summed E-state index contributed by atoms with van der Waals surface area (Å²) in [4.78, 5) is 15.0. The van der Waals surface area contributed by atoms with Crippen molar-refractivity contribution >= 4 is 34.3 Å². The molecular weight excluding hydrogens is 364 g/mol. The number of amides is 2. The van der Waals surface area contributed by atoms with E-state index in [2.05, 4.69) is 80.7 Å². The van der Waals surface area contributed by atoms with Crippen molar-refractivity contribution in [3.63, 3.8) is 0 Å². The Bertz CT molecular complexity index is 986. The highest BCUT2D eigenvalue weighted by Crippen LogP contribution is 2.41. The number of rotatable bonds is 2. The first-order chi connectivity index (χ1) is 13.4. The van der Waals surface area contributed by atoms with Gasteiger partial charge in [0.15, 0.2) is 0 Å². The van der Waals surface area contributed by atoms with Gasteiger partial charge in [-0.15, -0.1) is 11.8 Å². The highest BCUT2D eigenvalue weighted by Gasteiger charge is 2.31. The van der Waals surface area contributed by atoms with Crippen LogP contribution in [0.5, 0.6) is 0 Å². The summed E-state index contributed by atoms with van der Waals surface area (Å²) in [5, 5.41) is 5.56. The molecule has 2 amide bonds. The number of anilines is 1. The maximum atomic E-state index is 13.0. The third-order valence-electron chi connectivity index (χ3n) is 5.24. The van der Waals surface area contributed by atoms with Gasteiger partial charge in [-0.25, -0.2) is 4.79 Å². The molecule has 1 fully saturated rings. The number of carbonyl (C=O) groups excluding carboxylic acids is 1. The minimum atomic E-state index is -0.0357. The van der Waals surface area contributed by atoms with E-state index in [0.717, 1.165) is 18.0 Å².